The minimum atomic E-state index is 0.0804. The number of hydrogen-bond acceptors (Lipinski definition) is 5. The van der Waals surface area contributed by atoms with Crippen LogP contribution in [0, 0.1) is 18.8 Å². The van der Waals surface area contributed by atoms with Gasteiger partial charge in [-0.2, -0.15) is 4.98 Å². The highest BCUT2D eigenvalue weighted by Gasteiger charge is 2.50. The van der Waals surface area contributed by atoms with E-state index in [9.17, 15) is 0 Å². The fourth-order valence-corrected chi connectivity index (χ4v) is 3.71. The number of anilines is 1. The molecule has 0 aliphatic carbocycles. The van der Waals surface area contributed by atoms with E-state index in [1.54, 1.807) is 0 Å². The third-order valence-electron chi connectivity index (χ3n) is 4.78. The van der Waals surface area contributed by atoms with Gasteiger partial charge < -0.3 is 15.0 Å². The molecule has 1 aromatic rings. The van der Waals surface area contributed by atoms with Gasteiger partial charge in [-0.25, -0.2) is 4.98 Å². The van der Waals surface area contributed by atoms with Crippen molar-refractivity contribution in [2.75, 3.05) is 24.5 Å². The summed E-state index contributed by atoms with van der Waals surface area (Å²) in [5.74, 6) is 2.85. The highest BCUT2D eigenvalue weighted by Crippen LogP contribution is 2.42. The SMILES string of the molecule is Cc1cc(OC(C)C)nc(N2CC3CNCC3C2(C)C)n1. The Kier molecular flexibility index (Phi) is 3.56. The van der Waals surface area contributed by atoms with Crippen molar-refractivity contribution in [1.82, 2.24) is 15.3 Å². The smallest absolute Gasteiger partial charge is 0.229 e. The fourth-order valence-electron chi connectivity index (χ4n) is 3.71. The largest absolute Gasteiger partial charge is 0.475 e. The van der Waals surface area contributed by atoms with Crippen molar-refractivity contribution in [3.8, 4) is 5.88 Å². The summed E-state index contributed by atoms with van der Waals surface area (Å²) in [7, 11) is 0. The Morgan fingerprint density at radius 1 is 1.33 bits per heavy atom. The molecule has 2 aliphatic rings. The van der Waals surface area contributed by atoms with Crippen molar-refractivity contribution in [2.24, 2.45) is 11.8 Å². The lowest BCUT2D eigenvalue weighted by atomic mass is 9.85. The van der Waals surface area contributed by atoms with Gasteiger partial charge in [0.15, 0.2) is 0 Å². The van der Waals surface area contributed by atoms with Crippen molar-refractivity contribution < 1.29 is 4.74 Å². The number of fused-ring (bicyclic) bond motifs is 1. The molecule has 0 bridgehead atoms. The van der Waals surface area contributed by atoms with Crippen LogP contribution in [0.2, 0.25) is 0 Å². The zero-order valence-corrected chi connectivity index (χ0v) is 13.7. The minimum Gasteiger partial charge on any atom is -0.475 e. The molecule has 1 aromatic heterocycles. The van der Waals surface area contributed by atoms with E-state index in [2.05, 4.69) is 34.0 Å². The topological polar surface area (TPSA) is 50.3 Å². The summed E-state index contributed by atoms with van der Waals surface area (Å²) in [6.07, 6.45) is 0.127. The maximum Gasteiger partial charge on any atom is 0.229 e. The van der Waals surface area contributed by atoms with E-state index >= 15 is 0 Å². The summed E-state index contributed by atoms with van der Waals surface area (Å²) in [5, 5.41) is 3.51. The Balaban J connectivity index is 1.91. The average Bonchev–Trinajstić information content (AvgIpc) is 2.90. The van der Waals surface area contributed by atoms with Crippen LogP contribution >= 0.6 is 0 Å². The normalized spacial score (nSPS) is 27.2. The van der Waals surface area contributed by atoms with E-state index in [1.807, 2.05) is 26.8 Å². The fraction of sp³-hybridized carbons (Fsp3) is 0.750. The second-order valence-corrected chi connectivity index (χ2v) is 7.10. The lowest BCUT2D eigenvalue weighted by molar-refractivity contribution is 0.232. The van der Waals surface area contributed by atoms with E-state index in [0.717, 1.165) is 31.3 Å². The number of aromatic nitrogens is 2. The van der Waals surface area contributed by atoms with Gasteiger partial charge in [0.1, 0.15) is 0 Å². The van der Waals surface area contributed by atoms with Gasteiger partial charge in [0, 0.05) is 36.9 Å². The quantitative estimate of drug-likeness (QED) is 0.923. The molecule has 0 saturated carbocycles. The van der Waals surface area contributed by atoms with E-state index in [1.165, 1.54) is 0 Å². The van der Waals surface area contributed by atoms with E-state index in [-0.39, 0.29) is 11.6 Å². The summed E-state index contributed by atoms with van der Waals surface area (Å²) in [6, 6.07) is 1.91. The van der Waals surface area contributed by atoms with Crippen LogP contribution in [-0.2, 0) is 0 Å². The van der Waals surface area contributed by atoms with Crippen molar-refractivity contribution in [3.63, 3.8) is 0 Å². The molecule has 21 heavy (non-hydrogen) atoms. The molecule has 0 spiro atoms. The van der Waals surface area contributed by atoms with Gasteiger partial charge in [-0.15, -0.1) is 0 Å². The van der Waals surface area contributed by atoms with Crippen molar-refractivity contribution in [3.05, 3.63) is 11.8 Å². The molecule has 0 aromatic carbocycles. The number of rotatable bonds is 3. The maximum atomic E-state index is 5.77. The summed E-state index contributed by atoms with van der Waals surface area (Å²) in [4.78, 5) is 11.7. The molecule has 2 unspecified atom stereocenters. The van der Waals surface area contributed by atoms with Crippen molar-refractivity contribution in [1.29, 1.82) is 0 Å². The standard InChI is InChI=1S/C16H26N4O/c1-10(2)21-14-6-11(3)18-15(19-14)20-9-12-7-17-8-13(12)16(20,4)5/h6,10,12-13,17H,7-9H2,1-5H3. The van der Waals surface area contributed by atoms with E-state index in [0.29, 0.717) is 17.7 Å². The number of hydrogen-bond donors (Lipinski definition) is 1. The second kappa shape index (κ2) is 5.13. The number of nitrogens with one attached hydrogen (secondary N) is 1. The van der Waals surface area contributed by atoms with Gasteiger partial charge in [0.25, 0.3) is 0 Å². The molecular formula is C16H26N4O. The molecule has 5 heteroatoms. The van der Waals surface area contributed by atoms with Gasteiger partial charge in [-0.1, -0.05) is 0 Å². The van der Waals surface area contributed by atoms with Gasteiger partial charge in [0.05, 0.1) is 6.10 Å². The number of ether oxygens (including phenoxy) is 1. The van der Waals surface area contributed by atoms with Crippen LogP contribution in [0.1, 0.15) is 33.4 Å². The highest BCUT2D eigenvalue weighted by molar-refractivity contribution is 5.41. The highest BCUT2D eigenvalue weighted by atomic mass is 16.5. The third-order valence-corrected chi connectivity index (χ3v) is 4.78. The molecule has 2 saturated heterocycles. The van der Waals surface area contributed by atoms with Crippen LogP contribution in [-0.4, -0.2) is 41.2 Å². The summed E-state index contributed by atoms with van der Waals surface area (Å²) in [5.41, 5.74) is 1.04. The molecular weight excluding hydrogens is 264 g/mol. The van der Waals surface area contributed by atoms with E-state index in [4.69, 9.17) is 4.74 Å². The first-order valence-electron chi connectivity index (χ1n) is 7.88. The second-order valence-electron chi connectivity index (χ2n) is 7.10. The molecule has 2 atom stereocenters. The molecule has 1 N–H and O–H groups in total. The Labute approximate surface area is 127 Å². The summed E-state index contributed by atoms with van der Waals surface area (Å²) in [6.45, 7) is 13.9. The van der Waals surface area contributed by atoms with Crippen molar-refractivity contribution >= 4 is 5.95 Å². The van der Waals surface area contributed by atoms with Gasteiger partial charge >= 0.3 is 0 Å². The Morgan fingerprint density at radius 3 is 2.76 bits per heavy atom. The van der Waals surface area contributed by atoms with Crippen LogP contribution in [0.25, 0.3) is 0 Å². The van der Waals surface area contributed by atoms with Crippen LogP contribution < -0.4 is 15.0 Å². The summed E-state index contributed by atoms with van der Waals surface area (Å²) < 4.78 is 5.77. The van der Waals surface area contributed by atoms with E-state index < -0.39 is 0 Å². The predicted molar refractivity (Wildman–Crippen MR) is 83.8 cm³/mol. The molecule has 3 rings (SSSR count). The predicted octanol–water partition coefficient (Wildman–Crippen LogP) is 2.01. The molecule has 0 amide bonds. The molecule has 2 aliphatic heterocycles. The monoisotopic (exact) mass is 290 g/mol. The maximum absolute atomic E-state index is 5.77. The first-order valence-corrected chi connectivity index (χ1v) is 7.88. The molecule has 0 radical (unpaired) electrons. The first kappa shape index (κ1) is 14.6. The number of aryl methyl sites for hydroxylation is 1. The molecule has 5 nitrogen and oxygen atoms in total. The molecule has 116 valence electrons. The zero-order chi connectivity index (χ0) is 15.2. The van der Waals surface area contributed by atoms with Crippen molar-refractivity contribution in [2.45, 2.75) is 46.3 Å². The van der Waals surface area contributed by atoms with Gasteiger partial charge in [0.2, 0.25) is 11.8 Å². The molecule has 2 fully saturated rings. The zero-order valence-electron chi connectivity index (χ0n) is 13.7. The van der Waals surface area contributed by atoms with Crippen LogP contribution in [0.4, 0.5) is 5.95 Å². The van der Waals surface area contributed by atoms with Crippen LogP contribution in [0.5, 0.6) is 5.88 Å². The first-order chi connectivity index (χ1) is 9.88. The average molecular weight is 290 g/mol. The van der Waals surface area contributed by atoms with Crippen LogP contribution in [0.15, 0.2) is 6.07 Å². The Bertz CT molecular complexity index is 529. The Hall–Kier alpha value is -1.36. The minimum absolute atomic E-state index is 0.0804. The van der Waals surface area contributed by atoms with Crippen LogP contribution in [0.3, 0.4) is 0 Å². The molecule has 3 heterocycles. The lowest BCUT2D eigenvalue weighted by Gasteiger charge is -2.35. The van der Waals surface area contributed by atoms with Gasteiger partial charge in [-0.3, -0.25) is 0 Å². The summed E-state index contributed by atoms with van der Waals surface area (Å²) >= 11 is 0. The van der Waals surface area contributed by atoms with Gasteiger partial charge in [-0.05, 0) is 46.5 Å². The number of nitrogens with zero attached hydrogens (tertiary/aromatic N) is 3. The Morgan fingerprint density at radius 2 is 2.10 bits per heavy atom. The lowest BCUT2D eigenvalue weighted by Crippen LogP contribution is -2.45. The third kappa shape index (κ3) is 2.59.